The summed E-state index contributed by atoms with van der Waals surface area (Å²) in [5.41, 5.74) is 1.77. The van der Waals surface area contributed by atoms with E-state index in [4.69, 9.17) is 4.74 Å². The van der Waals surface area contributed by atoms with Gasteiger partial charge in [0.2, 0.25) is 5.91 Å². The normalized spacial score (nSPS) is 13.8. The number of nitrogens with one attached hydrogen (secondary N) is 1. The van der Waals surface area contributed by atoms with E-state index in [0.717, 1.165) is 14.3 Å². The van der Waals surface area contributed by atoms with Crippen LogP contribution in [0.2, 0.25) is 0 Å². The van der Waals surface area contributed by atoms with E-state index in [1.165, 1.54) is 30.3 Å². The van der Waals surface area contributed by atoms with Crippen molar-refractivity contribution in [2.45, 2.75) is 4.90 Å². The molecule has 1 aliphatic heterocycles. The quantitative estimate of drug-likeness (QED) is 0.515. The Kier molecular flexibility index (Phi) is 5.97. The van der Waals surface area contributed by atoms with Crippen LogP contribution in [0.1, 0.15) is 0 Å². The first kappa shape index (κ1) is 21.3. The number of rotatable bonds is 6. The highest BCUT2D eigenvalue weighted by Gasteiger charge is 2.35. The number of nitrogens with zero attached hydrogens (tertiary/aromatic N) is 1. The van der Waals surface area contributed by atoms with Crippen LogP contribution in [0.4, 0.5) is 10.1 Å². The SMILES string of the molecule is O=C(CN1c2ccc(Br)cc2-c2ccccc2S1(=O)=O)NCCOc1ccc(F)cc1. The first-order valence-corrected chi connectivity index (χ1v) is 11.7. The summed E-state index contributed by atoms with van der Waals surface area (Å²) in [6.07, 6.45) is 0. The van der Waals surface area contributed by atoms with Crippen molar-refractivity contribution in [2.75, 3.05) is 24.0 Å². The molecule has 0 aromatic heterocycles. The Morgan fingerprint density at radius 2 is 1.77 bits per heavy atom. The first-order chi connectivity index (χ1) is 14.9. The summed E-state index contributed by atoms with van der Waals surface area (Å²) in [4.78, 5) is 12.7. The third-order valence-electron chi connectivity index (χ3n) is 4.77. The fourth-order valence-electron chi connectivity index (χ4n) is 3.35. The summed E-state index contributed by atoms with van der Waals surface area (Å²) in [5.74, 6) is -0.345. The Morgan fingerprint density at radius 1 is 1.03 bits per heavy atom. The molecule has 0 bridgehead atoms. The highest BCUT2D eigenvalue weighted by Crippen LogP contribution is 2.43. The number of hydrogen-bond acceptors (Lipinski definition) is 4. The van der Waals surface area contributed by atoms with E-state index in [0.29, 0.717) is 17.0 Å². The van der Waals surface area contributed by atoms with Crippen LogP contribution in [0.25, 0.3) is 11.1 Å². The lowest BCUT2D eigenvalue weighted by molar-refractivity contribution is -0.119. The number of amides is 1. The molecule has 160 valence electrons. The molecule has 31 heavy (non-hydrogen) atoms. The zero-order valence-corrected chi connectivity index (χ0v) is 18.6. The Hall–Kier alpha value is -2.91. The maximum Gasteiger partial charge on any atom is 0.265 e. The van der Waals surface area contributed by atoms with Gasteiger partial charge in [-0.1, -0.05) is 34.1 Å². The third-order valence-corrected chi connectivity index (χ3v) is 7.08. The zero-order valence-electron chi connectivity index (χ0n) is 16.2. The molecule has 0 saturated heterocycles. The first-order valence-electron chi connectivity index (χ1n) is 9.43. The molecular formula is C22H18BrFN2O4S. The zero-order chi connectivity index (χ0) is 22.0. The summed E-state index contributed by atoms with van der Waals surface area (Å²) in [6, 6.07) is 17.5. The molecule has 0 radical (unpaired) electrons. The van der Waals surface area contributed by atoms with Crippen LogP contribution >= 0.6 is 15.9 Å². The minimum atomic E-state index is -3.89. The summed E-state index contributed by atoms with van der Waals surface area (Å²) >= 11 is 3.42. The summed E-state index contributed by atoms with van der Waals surface area (Å²) < 4.78 is 46.7. The molecule has 3 aromatic rings. The average molecular weight is 505 g/mol. The molecule has 1 heterocycles. The van der Waals surface area contributed by atoms with Crippen molar-refractivity contribution in [1.29, 1.82) is 0 Å². The minimum Gasteiger partial charge on any atom is -0.492 e. The molecule has 1 aliphatic rings. The third kappa shape index (κ3) is 4.42. The van der Waals surface area contributed by atoms with Gasteiger partial charge in [-0.2, -0.15) is 0 Å². The lowest BCUT2D eigenvalue weighted by Gasteiger charge is -2.31. The van der Waals surface area contributed by atoms with E-state index in [2.05, 4.69) is 21.2 Å². The van der Waals surface area contributed by atoms with Crippen LogP contribution in [0.3, 0.4) is 0 Å². The van der Waals surface area contributed by atoms with Gasteiger partial charge in [-0.05, 0) is 48.5 Å². The monoisotopic (exact) mass is 504 g/mol. The smallest absolute Gasteiger partial charge is 0.265 e. The maximum atomic E-state index is 13.2. The number of carbonyl (C=O) groups is 1. The van der Waals surface area contributed by atoms with Crippen molar-refractivity contribution in [1.82, 2.24) is 5.32 Å². The van der Waals surface area contributed by atoms with Gasteiger partial charge < -0.3 is 10.1 Å². The predicted molar refractivity (Wildman–Crippen MR) is 119 cm³/mol. The minimum absolute atomic E-state index is 0.160. The van der Waals surface area contributed by atoms with Crippen molar-refractivity contribution in [3.8, 4) is 16.9 Å². The van der Waals surface area contributed by atoms with E-state index in [1.54, 1.807) is 30.3 Å². The van der Waals surface area contributed by atoms with E-state index >= 15 is 0 Å². The molecular weight excluding hydrogens is 487 g/mol. The number of ether oxygens (including phenoxy) is 1. The fraction of sp³-hybridized carbons (Fsp3) is 0.136. The van der Waals surface area contributed by atoms with Gasteiger partial charge in [0, 0.05) is 15.6 Å². The van der Waals surface area contributed by atoms with E-state index in [9.17, 15) is 17.6 Å². The van der Waals surface area contributed by atoms with Crippen LogP contribution < -0.4 is 14.4 Å². The molecule has 0 saturated carbocycles. The van der Waals surface area contributed by atoms with Crippen LogP contribution in [0.5, 0.6) is 5.75 Å². The number of halogens is 2. The van der Waals surface area contributed by atoms with Gasteiger partial charge >= 0.3 is 0 Å². The van der Waals surface area contributed by atoms with Crippen LogP contribution in [0, 0.1) is 5.82 Å². The Bertz CT molecular complexity index is 1230. The van der Waals surface area contributed by atoms with Gasteiger partial charge in [-0.15, -0.1) is 0 Å². The number of hydrogen-bond donors (Lipinski definition) is 1. The highest BCUT2D eigenvalue weighted by molar-refractivity contribution is 9.10. The van der Waals surface area contributed by atoms with E-state index in [1.807, 2.05) is 6.07 Å². The van der Waals surface area contributed by atoms with Crippen molar-refractivity contribution < 1.29 is 22.3 Å². The number of sulfonamides is 1. The Morgan fingerprint density at radius 3 is 2.55 bits per heavy atom. The molecule has 6 nitrogen and oxygen atoms in total. The Balaban J connectivity index is 1.47. The lowest BCUT2D eigenvalue weighted by atomic mass is 10.0. The second kappa shape index (κ2) is 8.68. The number of benzene rings is 3. The largest absolute Gasteiger partial charge is 0.492 e. The van der Waals surface area contributed by atoms with Crippen molar-refractivity contribution in [2.24, 2.45) is 0 Å². The van der Waals surface area contributed by atoms with Crippen LogP contribution in [-0.2, 0) is 14.8 Å². The molecule has 0 fully saturated rings. The second-order valence-electron chi connectivity index (χ2n) is 6.82. The van der Waals surface area contributed by atoms with Gasteiger partial charge in [-0.25, -0.2) is 12.8 Å². The van der Waals surface area contributed by atoms with E-state index in [-0.39, 0.29) is 30.4 Å². The number of anilines is 1. The molecule has 9 heteroatoms. The Labute approximate surface area is 187 Å². The van der Waals surface area contributed by atoms with E-state index < -0.39 is 15.9 Å². The van der Waals surface area contributed by atoms with Gasteiger partial charge in [0.15, 0.2) is 0 Å². The number of carbonyl (C=O) groups excluding carboxylic acids is 1. The molecule has 1 N–H and O–H groups in total. The molecule has 0 aliphatic carbocycles. The van der Waals surface area contributed by atoms with Gasteiger partial charge in [-0.3, -0.25) is 9.10 Å². The van der Waals surface area contributed by atoms with Crippen molar-refractivity contribution >= 4 is 37.5 Å². The maximum absolute atomic E-state index is 13.2. The molecule has 0 atom stereocenters. The van der Waals surface area contributed by atoms with Crippen molar-refractivity contribution in [3.63, 3.8) is 0 Å². The summed E-state index contributed by atoms with van der Waals surface area (Å²) in [5, 5.41) is 2.66. The van der Waals surface area contributed by atoms with Crippen LogP contribution in [-0.4, -0.2) is 34.0 Å². The lowest BCUT2D eigenvalue weighted by Crippen LogP contribution is -2.43. The molecule has 0 unspecified atom stereocenters. The molecule has 0 spiro atoms. The number of fused-ring (bicyclic) bond motifs is 3. The van der Waals surface area contributed by atoms with Gasteiger partial charge in [0.05, 0.1) is 17.1 Å². The molecule has 4 rings (SSSR count). The van der Waals surface area contributed by atoms with Gasteiger partial charge in [0.25, 0.3) is 10.0 Å². The molecule has 3 aromatic carbocycles. The van der Waals surface area contributed by atoms with Crippen molar-refractivity contribution in [3.05, 3.63) is 77.0 Å². The topological polar surface area (TPSA) is 75.7 Å². The van der Waals surface area contributed by atoms with Crippen LogP contribution in [0.15, 0.2) is 76.1 Å². The predicted octanol–water partition coefficient (Wildman–Crippen LogP) is 3.96. The average Bonchev–Trinajstić information content (AvgIpc) is 2.76. The standard InChI is InChI=1S/C22H18BrFN2O4S/c23-15-5-10-20-19(13-15)18-3-1-2-4-21(18)31(28,29)26(20)14-22(27)25-11-12-30-17-8-6-16(24)7-9-17/h1-10,13H,11-12,14H2,(H,25,27). The summed E-state index contributed by atoms with van der Waals surface area (Å²) in [7, 11) is -3.89. The highest BCUT2D eigenvalue weighted by atomic mass is 79.9. The second-order valence-corrected chi connectivity index (χ2v) is 9.57. The fourth-order valence-corrected chi connectivity index (χ4v) is 5.36. The summed E-state index contributed by atoms with van der Waals surface area (Å²) in [6.45, 7) is -0.0216. The molecule has 1 amide bonds. The van der Waals surface area contributed by atoms with Gasteiger partial charge in [0.1, 0.15) is 24.7 Å².